The van der Waals surface area contributed by atoms with Gasteiger partial charge in [0.15, 0.2) is 0 Å². The van der Waals surface area contributed by atoms with Crippen LogP contribution in [-0.2, 0) is 0 Å². The van der Waals surface area contributed by atoms with Gasteiger partial charge in [0.05, 0.1) is 6.61 Å². The Morgan fingerprint density at radius 1 is 1.10 bits per heavy atom. The number of β-amino-alcohol motifs (C(OH)–C–C–N with tert-alkyl or cyclic N) is 1. The fourth-order valence-electron chi connectivity index (χ4n) is 2.82. The fourth-order valence-corrected chi connectivity index (χ4v) is 2.82. The van der Waals surface area contributed by atoms with Crippen LogP contribution in [0, 0.1) is 0 Å². The number of hydrogen-bond acceptors (Lipinski definition) is 3. The van der Waals surface area contributed by atoms with Gasteiger partial charge in [0.25, 0.3) is 0 Å². The van der Waals surface area contributed by atoms with E-state index in [-0.39, 0.29) is 6.61 Å². The summed E-state index contributed by atoms with van der Waals surface area (Å²) in [4.78, 5) is 6.71. The Hall–Kier alpha value is -0.670. The maximum Gasteiger partial charge on any atom is 0.102 e. The summed E-state index contributed by atoms with van der Waals surface area (Å²) in [6.45, 7) is 4.14. The molecule has 1 aliphatic rings. The van der Waals surface area contributed by atoms with E-state index in [0.717, 1.165) is 25.9 Å². The van der Waals surface area contributed by atoms with Crippen molar-refractivity contribution in [2.24, 2.45) is 4.99 Å². The van der Waals surface area contributed by atoms with Crippen molar-refractivity contribution in [3.63, 3.8) is 0 Å². The molecule has 3 heteroatoms. The van der Waals surface area contributed by atoms with Gasteiger partial charge in [0.1, 0.15) is 6.17 Å². The largest absolute Gasteiger partial charge is 0.395 e. The second kappa shape index (κ2) is 13.0. The molecule has 0 bridgehead atoms. The smallest absolute Gasteiger partial charge is 0.102 e. The summed E-state index contributed by atoms with van der Waals surface area (Å²) in [5, 5.41) is 8.99. The summed E-state index contributed by atoms with van der Waals surface area (Å²) in [5.74, 6) is 0. The quantitative estimate of drug-likeness (QED) is 0.409. The fraction of sp³-hybridized carbons (Fsp3) is 0.833. The van der Waals surface area contributed by atoms with Crippen molar-refractivity contribution in [2.45, 2.75) is 77.3 Å². The molecule has 1 heterocycles. The van der Waals surface area contributed by atoms with Crippen LogP contribution in [0.2, 0.25) is 0 Å². The van der Waals surface area contributed by atoms with Crippen LogP contribution < -0.4 is 0 Å². The van der Waals surface area contributed by atoms with Crippen molar-refractivity contribution in [3.05, 3.63) is 12.2 Å². The molecule has 0 aromatic carbocycles. The highest BCUT2D eigenvalue weighted by Gasteiger charge is 2.18. The Balaban J connectivity index is 1.92. The number of rotatable bonds is 13. The molecule has 0 aromatic heterocycles. The molecule has 122 valence electrons. The van der Waals surface area contributed by atoms with Gasteiger partial charge in [-0.2, -0.15) is 0 Å². The van der Waals surface area contributed by atoms with Crippen molar-refractivity contribution >= 4 is 6.21 Å². The molecule has 3 nitrogen and oxygen atoms in total. The lowest BCUT2D eigenvalue weighted by Gasteiger charge is -2.21. The molecule has 0 saturated carbocycles. The number of unbranched alkanes of at least 4 members (excludes halogenated alkanes) is 7. The van der Waals surface area contributed by atoms with Gasteiger partial charge in [0.2, 0.25) is 0 Å². The maximum atomic E-state index is 8.99. The number of aliphatic imine (C=N–C) groups is 1. The van der Waals surface area contributed by atoms with Crippen LogP contribution in [0.15, 0.2) is 17.1 Å². The number of nitrogens with zero attached hydrogens (tertiary/aromatic N) is 2. The third kappa shape index (κ3) is 9.05. The topological polar surface area (TPSA) is 35.8 Å². The molecule has 0 amide bonds. The minimum atomic E-state index is 0.230. The third-order valence-electron chi connectivity index (χ3n) is 4.13. The lowest BCUT2D eigenvalue weighted by molar-refractivity contribution is 0.179. The van der Waals surface area contributed by atoms with Crippen molar-refractivity contribution in [3.8, 4) is 0 Å². The Bertz CT molecular complexity index is 289. The number of aliphatic hydroxyl groups is 1. The predicted molar refractivity (Wildman–Crippen MR) is 91.9 cm³/mol. The van der Waals surface area contributed by atoms with Crippen LogP contribution >= 0.6 is 0 Å². The van der Waals surface area contributed by atoms with Crippen molar-refractivity contribution in [2.75, 3.05) is 19.7 Å². The molecule has 1 N–H and O–H groups in total. The van der Waals surface area contributed by atoms with E-state index < -0.39 is 0 Å². The van der Waals surface area contributed by atoms with Crippen LogP contribution in [0.25, 0.3) is 0 Å². The van der Waals surface area contributed by atoms with Crippen molar-refractivity contribution < 1.29 is 5.11 Å². The van der Waals surface area contributed by atoms with Crippen LogP contribution in [0.3, 0.4) is 0 Å². The van der Waals surface area contributed by atoms with E-state index in [4.69, 9.17) is 5.11 Å². The maximum absolute atomic E-state index is 8.99. The van der Waals surface area contributed by atoms with E-state index in [1.54, 1.807) is 0 Å². The molecule has 1 atom stereocenters. The summed E-state index contributed by atoms with van der Waals surface area (Å²) in [6.07, 6.45) is 20.0. The number of hydrogen-bond donors (Lipinski definition) is 1. The third-order valence-corrected chi connectivity index (χ3v) is 4.13. The van der Waals surface area contributed by atoms with Crippen LogP contribution in [-0.4, -0.2) is 42.1 Å². The normalized spacial score (nSPS) is 19.0. The standard InChI is InChI=1S/C18H34N2O/c1-2-3-4-5-6-7-8-9-10-11-12-13-18-19-14-15-20(18)16-17-21/h10-11,14,18,21H,2-9,12-13,15-17H2,1H3/b11-10+. The zero-order valence-corrected chi connectivity index (χ0v) is 13.8. The minimum Gasteiger partial charge on any atom is -0.395 e. The first-order valence-electron chi connectivity index (χ1n) is 8.90. The molecule has 0 aromatic rings. The first-order chi connectivity index (χ1) is 10.4. The van der Waals surface area contributed by atoms with E-state index in [1.807, 2.05) is 6.21 Å². The van der Waals surface area contributed by atoms with E-state index in [1.165, 1.54) is 51.4 Å². The Kier molecular flexibility index (Phi) is 11.4. The molecule has 1 rings (SSSR count). The van der Waals surface area contributed by atoms with E-state index in [0.29, 0.717) is 6.17 Å². The first-order valence-corrected chi connectivity index (χ1v) is 8.90. The predicted octanol–water partition coefficient (Wildman–Crippen LogP) is 4.17. The molecule has 0 spiro atoms. The molecule has 0 fully saturated rings. The molecule has 21 heavy (non-hydrogen) atoms. The highest BCUT2D eigenvalue weighted by atomic mass is 16.3. The lowest BCUT2D eigenvalue weighted by atomic mass is 10.1. The number of aliphatic hydroxyl groups excluding tert-OH is 1. The number of allylic oxidation sites excluding steroid dienone is 2. The Morgan fingerprint density at radius 2 is 1.81 bits per heavy atom. The summed E-state index contributed by atoms with van der Waals surface area (Å²) < 4.78 is 0. The second-order valence-corrected chi connectivity index (χ2v) is 5.99. The van der Waals surface area contributed by atoms with Gasteiger partial charge in [-0.05, 0) is 25.7 Å². The molecule has 1 aliphatic heterocycles. The van der Waals surface area contributed by atoms with Crippen molar-refractivity contribution in [1.82, 2.24) is 4.90 Å². The molecule has 0 radical (unpaired) electrons. The monoisotopic (exact) mass is 294 g/mol. The molecule has 1 unspecified atom stereocenters. The molecule has 0 saturated heterocycles. The van der Waals surface area contributed by atoms with Crippen LogP contribution in [0.1, 0.15) is 71.1 Å². The van der Waals surface area contributed by atoms with E-state index in [9.17, 15) is 0 Å². The Labute approximate surface area is 131 Å². The van der Waals surface area contributed by atoms with Gasteiger partial charge in [-0.1, -0.05) is 57.6 Å². The van der Waals surface area contributed by atoms with Gasteiger partial charge < -0.3 is 5.11 Å². The average molecular weight is 294 g/mol. The zero-order chi connectivity index (χ0) is 15.2. The zero-order valence-electron chi connectivity index (χ0n) is 13.8. The SMILES string of the molecule is CCCCCCCCC/C=C/CCC1N=CCN1CCO. The highest BCUT2D eigenvalue weighted by Crippen LogP contribution is 2.13. The van der Waals surface area contributed by atoms with Gasteiger partial charge in [-0.15, -0.1) is 0 Å². The second-order valence-electron chi connectivity index (χ2n) is 5.99. The van der Waals surface area contributed by atoms with E-state index >= 15 is 0 Å². The molecular weight excluding hydrogens is 260 g/mol. The summed E-state index contributed by atoms with van der Waals surface area (Å²) in [7, 11) is 0. The summed E-state index contributed by atoms with van der Waals surface area (Å²) in [6, 6.07) is 0. The highest BCUT2D eigenvalue weighted by molar-refractivity contribution is 5.62. The van der Waals surface area contributed by atoms with E-state index in [2.05, 4.69) is 29.0 Å². The lowest BCUT2D eigenvalue weighted by Crippen LogP contribution is -2.32. The van der Waals surface area contributed by atoms with Gasteiger partial charge in [0, 0.05) is 19.3 Å². The summed E-state index contributed by atoms with van der Waals surface area (Å²) in [5.41, 5.74) is 0. The molecular formula is C18H34N2O. The summed E-state index contributed by atoms with van der Waals surface area (Å²) >= 11 is 0. The minimum absolute atomic E-state index is 0.230. The molecule has 0 aliphatic carbocycles. The average Bonchev–Trinajstić information content (AvgIpc) is 2.92. The van der Waals surface area contributed by atoms with Gasteiger partial charge in [-0.25, -0.2) is 0 Å². The first kappa shape index (κ1) is 18.4. The van der Waals surface area contributed by atoms with Gasteiger partial charge >= 0.3 is 0 Å². The van der Waals surface area contributed by atoms with Crippen LogP contribution in [0.5, 0.6) is 0 Å². The Morgan fingerprint density at radius 3 is 2.57 bits per heavy atom. The van der Waals surface area contributed by atoms with Gasteiger partial charge in [-0.3, -0.25) is 9.89 Å². The van der Waals surface area contributed by atoms with Crippen LogP contribution in [0.4, 0.5) is 0 Å². The van der Waals surface area contributed by atoms with Crippen molar-refractivity contribution in [1.29, 1.82) is 0 Å².